The molecule has 0 spiro atoms. The first-order valence-electron chi connectivity index (χ1n) is 18.9. The van der Waals surface area contributed by atoms with Crippen LogP contribution in [-0.4, -0.2) is 9.97 Å². The van der Waals surface area contributed by atoms with Crippen molar-refractivity contribution in [3.05, 3.63) is 199 Å². The Morgan fingerprint density at radius 2 is 1.04 bits per heavy atom. The molecule has 2 aromatic heterocycles. The fraction of sp³-hybridized carbons (Fsp3) is 0.0385. The van der Waals surface area contributed by atoms with Crippen molar-refractivity contribution in [2.75, 3.05) is 0 Å². The molecule has 0 fully saturated rings. The second kappa shape index (κ2) is 13.0. The monoisotopic (exact) mass is 718 g/mol. The molecular weight excluding hydrogens is 685 g/mol. The van der Waals surface area contributed by atoms with Gasteiger partial charge in [-0.2, -0.15) is 0 Å². The van der Waals surface area contributed by atoms with Crippen molar-refractivity contribution in [1.82, 2.24) is 9.97 Å². The summed E-state index contributed by atoms with van der Waals surface area (Å²) in [6, 6.07) is 61.1. The Bertz CT molecular complexity index is 3170. The fourth-order valence-electron chi connectivity index (χ4n) is 8.50. The van der Waals surface area contributed by atoms with Gasteiger partial charge in [0.15, 0.2) is 0 Å². The van der Waals surface area contributed by atoms with Crippen molar-refractivity contribution in [2.24, 2.45) is 0 Å². The summed E-state index contributed by atoms with van der Waals surface area (Å²) < 4.78 is 2.68. The summed E-state index contributed by atoms with van der Waals surface area (Å²) in [5.74, 6) is 0.241. The van der Waals surface area contributed by atoms with Gasteiger partial charge in [0.05, 0.1) is 22.4 Å². The van der Waals surface area contributed by atoms with Crippen LogP contribution in [0.15, 0.2) is 188 Å². The Balaban J connectivity index is 0.987. The summed E-state index contributed by atoms with van der Waals surface area (Å²) in [4.78, 5) is 11.0. The summed E-state index contributed by atoms with van der Waals surface area (Å²) in [5.41, 5.74) is 12.1. The lowest BCUT2D eigenvalue weighted by Crippen LogP contribution is -2.01. The highest BCUT2D eigenvalue weighted by Gasteiger charge is 2.20. The van der Waals surface area contributed by atoms with Crippen molar-refractivity contribution in [1.29, 1.82) is 0 Å². The van der Waals surface area contributed by atoms with Crippen LogP contribution in [0.5, 0.6) is 0 Å². The van der Waals surface area contributed by atoms with Gasteiger partial charge in [0.25, 0.3) is 0 Å². The molecule has 0 saturated carbocycles. The first kappa shape index (κ1) is 31.8. The number of fused-ring (bicyclic) bond motifs is 9. The third-order valence-corrected chi connectivity index (χ3v) is 12.4. The van der Waals surface area contributed by atoms with E-state index < -0.39 is 0 Å². The lowest BCUT2D eigenvalue weighted by atomic mass is 9.86. The smallest absolute Gasteiger partial charge is 0.0979 e. The van der Waals surface area contributed by atoms with E-state index in [0.29, 0.717) is 0 Å². The average Bonchev–Trinajstić information content (AvgIpc) is 3.66. The third kappa shape index (κ3) is 5.39. The summed E-state index contributed by atoms with van der Waals surface area (Å²) in [6.45, 7) is 0. The molecule has 0 aliphatic heterocycles. The van der Waals surface area contributed by atoms with Crippen LogP contribution < -0.4 is 0 Å². The molecule has 2 heterocycles. The molecule has 1 aliphatic carbocycles. The topological polar surface area (TPSA) is 25.8 Å². The van der Waals surface area contributed by atoms with E-state index in [1.165, 1.54) is 58.8 Å². The maximum atomic E-state index is 5.52. The van der Waals surface area contributed by atoms with Crippen molar-refractivity contribution in [2.45, 2.75) is 12.3 Å². The molecule has 1 atom stereocenters. The number of benzene rings is 8. The summed E-state index contributed by atoms with van der Waals surface area (Å²) in [6.07, 6.45) is 7.98. The minimum Gasteiger partial charge on any atom is -0.243 e. The second-order valence-electron chi connectivity index (χ2n) is 14.4. The number of nitrogens with zero attached hydrogens (tertiary/aromatic N) is 2. The molecule has 0 saturated heterocycles. The predicted molar refractivity (Wildman–Crippen MR) is 235 cm³/mol. The van der Waals surface area contributed by atoms with Gasteiger partial charge in [0.2, 0.25) is 0 Å². The lowest BCUT2D eigenvalue weighted by Gasteiger charge is -2.19. The van der Waals surface area contributed by atoms with Gasteiger partial charge in [0.1, 0.15) is 0 Å². The van der Waals surface area contributed by atoms with Crippen LogP contribution in [0.3, 0.4) is 0 Å². The molecule has 3 heteroatoms. The lowest BCUT2D eigenvalue weighted by molar-refractivity contribution is 0.857. The van der Waals surface area contributed by atoms with Gasteiger partial charge in [-0.1, -0.05) is 176 Å². The van der Waals surface area contributed by atoms with E-state index in [0.717, 1.165) is 50.7 Å². The largest absolute Gasteiger partial charge is 0.243 e. The molecule has 1 unspecified atom stereocenters. The highest BCUT2D eigenvalue weighted by molar-refractivity contribution is 7.26. The molecule has 10 aromatic rings. The van der Waals surface area contributed by atoms with Crippen LogP contribution in [-0.2, 0) is 0 Å². The molecule has 11 rings (SSSR count). The van der Waals surface area contributed by atoms with E-state index in [2.05, 4.69) is 188 Å². The van der Waals surface area contributed by atoms with Gasteiger partial charge in [-0.15, -0.1) is 11.3 Å². The quantitative estimate of drug-likeness (QED) is 0.166. The Kier molecular flexibility index (Phi) is 7.53. The first-order chi connectivity index (χ1) is 27.3. The van der Waals surface area contributed by atoms with Crippen LogP contribution in [0.1, 0.15) is 23.5 Å². The van der Waals surface area contributed by atoms with E-state index in [-0.39, 0.29) is 5.92 Å². The van der Waals surface area contributed by atoms with Gasteiger partial charge in [-0.3, -0.25) is 0 Å². The number of thiophene rings is 1. The number of hydrogen-bond acceptors (Lipinski definition) is 3. The fourth-order valence-corrected chi connectivity index (χ4v) is 9.74. The van der Waals surface area contributed by atoms with Gasteiger partial charge in [-0.05, 0) is 57.2 Å². The average molecular weight is 719 g/mol. The van der Waals surface area contributed by atoms with Gasteiger partial charge in [-0.25, -0.2) is 9.97 Å². The van der Waals surface area contributed by atoms with E-state index in [1.807, 2.05) is 11.3 Å². The minimum atomic E-state index is 0.241. The summed E-state index contributed by atoms with van der Waals surface area (Å²) >= 11 is 1.88. The zero-order valence-electron chi connectivity index (χ0n) is 30.0. The molecular formula is C52H34N2S. The SMILES string of the molecule is C1=CC(c2ccc(-c3cccc4c3sc3ccccc34)cc2)=CC(c2cccc(-c3nc4c5ccccc5c5ccccc5c4nc3-c3ccccc3)c2)C1. The van der Waals surface area contributed by atoms with Gasteiger partial charge >= 0.3 is 0 Å². The standard InChI is InChI=1S/C52H34N2S/c1-2-13-35(14-3-1)48-49(54-51-45-23-7-5-20-42(45)41-19-4-6-22-44(41)50(51)53-48)39-18-11-17-38(32-39)37-16-10-15-36(31-37)33-27-29-34(30-28-33)40-24-12-25-46-43-21-8-9-26-47(43)55-52(40)46/h1-15,17-32,37H,16H2. The Hall–Kier alpha value is -6.68. The summed E-state index contributed by atoms with van der Waals surface area (Å²) in [7, 11) is 0. The molecule has 0 bridgehead atoms. The molecule has 0 radical (unpaired) electrons. The second-order valence-corrected chi connectivity index (χ2v) is 15.5. The molecule has 0 N–H and O–H groups in total. The van der Waals surface area contributed by atoms with Crippen LogP contribution in [0, 0.1) is 0 Å². The van der Waals surface area contributed by atoms with Crippen molar-refractivity contribution in [3.63, 3.8) is 0 Å². The number of aromatic nitrogens is 2. The summed E-state index contributed by atoms with van der Waals surface area (Å²) in [5, 5.41) is 7.31. The Labute approximate surface area is 323 Å². The third-order valence-electron chi connectivity index (χ3n) is 11.2. The number of hydrogen-bond donors (Lipinski definition) is 0. The molecule has 55 heavy (non-hydrogen) atoms. The zero-order valence-corrected chi connectivity index (χ0v) is 30.8. The van der Waals surface area contributed by atoms with Gasteiger partial charge in [0, 0.05) is 48.0 Å². The van der Waals surface area contributed by atoms with Crippen molar-refractivity contribution >= 4 is 69.7 Å². The molecule has 258 valence electrons. The molecule has 2 nitrogen and oxygen atoms in total. The molecule has 1 aliphatic rings. The zero-order chi connectivity index (χ0) is 36.3. The Morgan fingerprint density at radius 3 is 1.78 bits per heavy atom. The van der Waals surface area contributed by atoms with Crippen LogP contribution >= 0.6 is 11.3 Å². The van der Waals surface area contributed by atoms with Crippen molar-refractivity contribution < 1.29 is 0 Å². The predicted octanol–water partition coefficient (Wildman–Crippen LogP) is 14.4. The first-order valence-corrected chi connectivity index (χ1v) is 19.7. The normalized spacial score (nSPS) is 14.3. The van der Waals surface area contributed by atoms with Crippen molar-refractivity contribution in [3.8, 4) is 33.6 Å². The maximum Gasteiger partial charge on any atom is 0.0979 e. The number of rotatable bonds is 5. The van der Waals surface area contributed by atoms with Crippen LogP contribution in [0.4, 0.5) is 0 Å². The van der Waals surface area contributed by atoms with E-state index in [1.54, 1.807) is 0 Å². The Morgan fingerprint density at radius 1 is 0.455 bits per heavy atom. The van der Waals surface area contributed by atoms with E-state index >= 15 is 0 Å². The highest BCUT2D eigenvalue weighted by Crippen LogP contribution is 2.42. The minimum absolute atomic E-state index is 0.241. The number of allylic oxidation sites excluding steroid dienone is 4. The molecule has 0 amide bonds. The molecule has 8 aromatic carbocycles. The van der Waals surface area contributed by atoms with Gasteiger partial charge < -0.3 is 0 Å². The van der Waals surface area contributed by atoms with Crippen LogP contribution in [0.2, 0.25) is 0 Å². The van der Waals surface area contributed by atoms with Crippen LogP contribution in [0.25, 0.3) is 92.0 Å². The maximum absolute atomic E-state index is 5.52. The highest BCUT2D eigenvalue weighted by atomic mass is 32.1. The van der Waals surface area contributed by atoms with E-state index in [4.69, 9.17) is 9.97 Å². The van der Waals surface area contributed by atoms with E-state index in [9.17, 15) is 0 Å².